The van der Waals surface area contributed by atoms with Crippen molar-refractivity contribution in [1.82, 2.24) is 19.7 Å². The molecule has 0 bridgehead atoms. The fourth-order valence-corrected chi connectivity index (χ4v) is 3.02. The van der Waals surface area contributed by atoms with Crippen molar-refractivity contribution in [2.75, 3.05) is 6.54 Å². The van der Waals surface area contributed by atoms with Crippen LogP contribution in [0.2, 0.25) is 0 Å². The molecule has 0 aliphatic heterocycles. The first-order chi connectivity index (χ1) is 10.1. The smallest absolute Gasteiger partial charge is 0.0739 e. The van der Waals surface area contributed by atoms with Gasteiger partial charge in [0.2, 0.25) is 0 Å². The third-order valence-corrected chi connectivity index (χ3v) is 4.81. The van der Waals surface area contributed by atoms with Gasteiger partial charge in [-0.3, -0.25) is 4.68 Å². The summed E-state index contributed by atoms with van der Waals surface area (Å²) in [5.74, 6) is 0. The van der Waals surface area contributed by atoms with Crippen molar-refractivity contribution in [2.45, 2.75) is 53.2 Å². The number of rotatable bonds is 7. The van der Waals surface area contributed by atoms with Gasteiger partial charge in [-0.2, -0.15) is 5.10 Å². The van der Waals surface area contributed by atoms with Crippen molar-refractivity contribution in [3.05, 3.63) is 39.9 Å². The summed E-state index contributed by atoms with van der Waals surface area (Å²) in [6.07, 6.45) is 3.30. The molecule has 0 aliphatic rings. The van der Waals surface area contributed by atoms with Gasteiger partial charge in [-0.25, -0.2) is 0 Å². The van der Waals surface area contributed by atoms with E-state index in [1.54, 1.807) is 0 Å². The van der Waals surface area contributed by atoms with Crippen molar-refractivity contribution in [3.8, 4) is 0 Å². The molecule has 0 spiro atoms. The molecule has 2 heterocycles. The van der Waals surface area contributed by atoms with Crippen LogP contribution in [0.15, 0.2) is 22.8 Å². The summed E-state index contributed by atoms with van der Waals surface area (Å²) in [7, 11) is 0. The molecule has 1 unspecified atom stereocenters. The molecular formula is C16H25BrN4. The monoisotopic (exact) mass is 352 g/mol. The number of nitrogens with one attached hydrogen (secondary N) is 1. The van der Waals surface area contributed by atoms with Crippen LogP contribution in [0, 0.1) is 6.92 Å². The van der Waals surface area contributed by atoms with Crippen LogP contribution in [0.25, 0.3) is 0 Å². The van der Waals surface area contributed by atoms with Crippen molar-refractivity contribution in [1.29, 1.82) is 0 Å². The molecule has 0 aliphatic carbocycles. The minimum absolute atomic E-state index is 0.359. The molecule has 2 aromatic rings. The molecule has 2 aromatic heterocycles. The Morgan fingerprint density at radius 1 is 1.38 bits per heavy atom. The first-order valence-corrected chi connectivity index (χ1v) is 8.47. The summed E-state index contributed by atoms with van der Waals surface area (Å²) in [5.41, 5.74) is 3.60. The molecule has 0 amide bonds. The normalized spacial score (nSPS) is 12.8. The lowest BCUT2D eigenvalue weighted by atomic mass is 10.2. The summed E-state index contributed by atoms with van der Waals surface area (Å²) in [5, 5.41) is 8.13. The van der Waals surface area contributed by atoms with E-state index in [1.165, 1.54) is 11.4 Å². The second-order valence-electron chi connectivity index (χ2n) is 5.40. The van der Waals surface area contributed by atoms with Gasteiger partial charge in [0.15, 0.2) is 0 Å². The van der Waals surface area contributed by atoms with Crippen LogP contribution in [0.5, 0.6) is 0 Å². The molecule has 5 heteroatoms. The summed E-state index contributed by atoms with van der Waals surface area (Å²) in [4.78, 5) is 0. The van der Waals surface area contributed by atoms with Crippen molar-refractivity contribution in [2.24, 2.45) is 0 Å². The van der Waals surface area contributed by atoms with Gasteiger partial charge in [0.1, 0.15) is 0 Å². The quantitative estimate of drug-likeness (QED) is 0.820. The fourth-order valence-electron chi connectivity index (χ4n) is 2.61. The SMILES string of the molecule is CCCNC(C)c1cccn1Cc1c(Br)c(C)nn1CC. The van der Waals surface area contributed by atoms with Gasteiger partial charge < -0.3 is 9.88 Å². The Bertz CT molecular complexity index is 585. The molecule has 0 saturated heterocycles. The molecule has 1 N–H and O–H groups in total. The molecule has 0 aromatic carbocycles. The average Bonchev–Trinajstić information content (AvgIpc) is 3.04. The number of aryl methyl sites for hydroxylation is 2. The Morgan fingerprint density at radius 2 is 2.14 bits per heavy atom. The Labute approximate surface area is 135 Å². The highest BCUT2D eigenvalue weighted by Gasteiger charge is 2.15. The van der Waals surface area contributed by atoms with Crippen LogP contribution in [-0.2, 0) is 13.1 Å². The molecule has 4 nitrogen and oxygen atoms in total. The van der Waals surface area contributed by atoms with Crippen LogP contribution in [0.1, 0.15) is 50.3 Å². The van der Waals surface area contributed by atoms with Crippen LogP contribution >= 0.6 is 15.9 Å². The highest BCUT2D eigenvalue weighted by Crippen LogP contribution is 2.23. The second kappa shape index (κ2) is 7.27. The van der Waals surface area contributed by atoms with Gasteiger partial charge >= 0.3 is 0 Å². The fraction of sp³-hybridized carbons (Fsp3) is 0.562. The number of hydrogen-bond acceptors (Lipinski definition) is 2. The topological polar surface area (TPSA) is 34.8 Å². The van der Waals surface area contributed by atoms with E-state index in [4.69, 9.17) is 0 Å². The summed E-state index contributed by atoms with van der Waals surface area (Å²) >= 11 is 3.68. The maximum atomic E-state index is 4.57. The third-order valence-electron chi connectivity index (χ3n) is 3.78. The standard InChI is InChI=1S/C16H25BrN4/c1-5-9-18-12(3)14-8-7-10-20(14)11-15-16(17)13(4)19-21(15)6-2/h7-8,10,12,18H,5-6,9,11H2,1-4H3. The van der Waals surface area contributed by atoms with Gasteiger partial charge in [0.25, 0.3) is 0 Å². The molecule has 0 fully saturated rings. The largest absolute Gasteiger partial charge is 0.344 e. The van der Waals surface area contributed by atoms with Crippen molar-refractivity contribution >= 4 is 15.9 Å². The van der Waals surface area contributed by atoms with Crippen molar-refractivity contribution < 1.29 is 0 Å². The zero-order chi connectivity index (χ0) is 15.4. The Morgan fingerprint density at radius 3 is 2.81 bits per heavy atom. The van der Waals surface area contributed by atoms with Gasteiger partial charge in [-0.1, -0.05) is 6.92 Å². The van der Waals surface area contributed by atoms with E-state index >= 15 is 0 Å². The molecule has 2 rings (SSSR count). The highest BCUT2D eigenvalue weighted by molar-refractivity contribution is 9.10. The molecular weight excluding hydrogens is 328 g/mol. The summed E-state index contributed by atoms with van der Waals surface area (Å²) < 4.78 is 5.51. The summed E-state index contributed by atoms with van der Waals surface area (Å²) in [6.45, 7) is 11.4. The van der Waals surface area contributed by atoms with Gasteiger partial charge in [0, 0.05) is 24.5 Å². The Hall–Kier alpha value is -1.07. The van der Waals surface area contributed by atoms with Crippen LogP contribution in [0.4, 0.5) is 0 Å². The van der Waals surface area contributed by atoms with E-state index in [0.29, 0.717) is 6.04 Å². The summed E-state index contributed by atoms with van der Waals surface area (Å²) in [6, 6.07) is 4.67. The first kappa shape index (κ1) is 16.3. The van der Waals surface area contributed by atoms with E-state index in [-0.39, 0.29) is 0 Å². The lowest BCUT2D eigenvalue weighted by molar-refractivity contribution is 0.524. The maximum Gasteiger partial charge on any atom is 0.0739 e. The molecule has 0 radical (unpaired) electrons. The van der Waals surface area contributed by atoms with E-state index in [0.717, 1.165) is 36.2 Å². The number of hydrogen-bond donors (Lipinski definition) is 1. The second-order valence-corrected chi connectivity index (χ2v) is 6.19. The molecule has 116 valence electrons. The molecule has 21 heavy (non-hydrogen) atoms. The van der Waals surface area contributed by atoms with E-state index in [9.17, 15) is 0 Å². The van der Waals surface area contributed by atoms with E-state index in [1.807, 2.05) is 6.92 Å². The van der Waals surface area contributed by atoms with E-state index < -0.39 is 0 Å². The van der Waals surface area contributed by atoms with Gasteiger partial charge in [-0.05, 0) is 61.8 Å². The van der Waals surface area contributed by atoms with Gasteiger partial charge in [-0.15, -0.1) is 0 Å². The minimum atomic E-state index is 0.359. The number of nitrogens with zero attached hydrogens (tertiary/aromatic N) is 3. The lowest BCUT2D eigenvalue weighted by Gasteiger charge is -2.17. The van der Waals surface area contributed by atoms with E-state index in [2.05, 4.69) is 74.7 Å². The van der Waals surface area contributed by atoms with Crippen molar-refractivity contribution in [3.63, 3.8) is 0 Å². The zero-order valence-electron chi connectivity index (χ0n) is 13.4. The third kappa shape index (κ3) is 3.58. The first-order valence-electron chi connectivity index (χ1n) is 7.68. The number of halogens is 1. The van der Waals surface area contributed by atoms with Gasteiger partial charge in [0.05, 0.1) is 22.4 Å². The predicted molar refractivity (Wildman–Crippen MR) is 90.6 cm³/mol. The highest BCUT2D eigenvalue weighted by atomic mass is 79.9. The van der Waals surface area contributed by atoms with Crippen LogP contribution in [-0.4, -0.2) is 20.9 Å². The predicted octanol–water partition coefficient (Wildman–Crippen LogP) is 3.88. The maximum absolute atomic E-state index is 4.57. The molecule has 1 atom stereocenters. The average molecular weight is 353 g/mol. The lowest BCUT2D eigenvalue weighted by Crippen LogP contribution is -2.22. The van der Waals surface area contributed by atoms with Crippen LogP contribution < -0.4 is 5.32 Å². The zero-order valence-corrected chi connectivity index (χ0v) is 14.9. The Kier molecular flexibility index (Phi) is 5.65. The Balaban J connectivity index is 2.23. The molecule has 0 saturated carbocycles. The van der Waals surface area contributed by atoms with Crippen LogP contribution in [0.3, 0.4) is 0 Å². The number of aromatic nitrogens is 3. The minimum Gasteiger partial charge on any atom is -0.344 e.